The van der Waals surface area contributed by atoms with Crippen molar-refractivity contribution in [2.75, 3.05) is 32.5 Å². The van der Waals surface area contributed by atoms with Crippen LogP contribution in [0.25, 0.3) is 0 Å². The summed E-state index contributed by atoms with van der Waals surface area (Å²) in [4.78, 5) is 12.0. The zero-order valence-corrected chi connectivity index (χ0v) is 12.1. The summed E-state index contributed by atoms with van der Waals surface area (Å²) in [5.41, 5.74) is 0. The van der Waals surface area contributed by atoms with Gasteiger partial charge in [0.2, 0.25) is 15.9 Å². The summed E-state index contributed by atoms with van der Waals surface area (Å²) >= 11 is 0. The number of nitrogens with zero attached hydrogens (tertiary/aromatic N) is 1. The molecule has 0 unspecified atom stereocenters. The highest BCUT2D eigenvalue weighted by Crippen LogP contribution is 2.19. The van der Waals surface area contributed by atoms with E-state index in [4.69, 9.17) is 4.74 Å². The van der Waals surface area contributed by atoms with Crippen LogP contribution in [0.15, 0.2) is 0 Å². The van der Waals surface area contributed by atoms with Gasteiger partial charge in [-0.2, -0.15) is 0 Å². The number of amides is 1. The molecule has 110 valence electrons. The Morgan fingerprint density at radius 3 is 2.79 bits per heavy atom. The lowest BCUT2D eigenvalue weighted by Crippen LogP contribution is -2.46. The van der Waals surface area contributed by atoms with Gasteiger partial charge in [0.15, 0.2) is 0 Å². The molecule has 1 amide bonds. The standard InChI is InChI=1S/C12H22N2O4S/c1-19(16,17)14-6-2-4-10(9-14)12(15)13-8-11-5-3-7-18-11/h10-11H,2-9H2,1H3,(H,13,15)/t10-,11+/m1/s1. The number of ether oxygens (including phenoxy) is 1. The van der Waals surface area contributed by atoms with E-state index in [-0.39, 0.29) is 17.9 Å². The number of hydrogen-bond acceptors (Lipinski definition) is 4. The fourth-order valence-corrected chi connectivity index (χ4v) is 3.53. The van der Waals surface area contributed by atoms with E-state index in [1.54, 1.807) is 0 Å². The van der Waals surface area contributed by atoms with E-state index < -0.39 is 10.0 Å². The smallest absolute Gasteiger partial charge is 0.224 e. The molecular formula is C12H22N2O4S. The maximum Gasteiger partial charge on any atom is 0.224 e. The van der Waals surface area contributed by atoms with Crippen LogP contribution in [0.4, 0.5) is 0 Å². The molecule has 2 atom stereocenters. The van der Waals surface area contributed by atoms with Crippen LogP contribution in [0.5, 0.6) is 0 Å². The van der Waals surface area contributed by atoms with Gasteiger partial charge in [0.25, 0.3) is 0 Å². The monoisotopic (exact) mass is 290 g/mol. The highest BCUT2D eigenvalue weighted by molar-refractivity contribution is 7.88. The molecule has 0 saturated carbocycles. The molecular weight excluding hydrogens is 268 g/mol. The third-order valence-electron chi connectivity index (χ3n) is 3.75. The van der Waals surface area contributed by atoms with Crippen molar-refractivity contribution in [3.05, 3.63) is 0 Å². The molecule has 2 fully saturated rings. The first-order chi connectivity index (χ1) is 8.97. The fraction of sp³-hybridized carbons (Fsp3) is 0.917. The van der Waals surface area contributed by atoms with Crippen molar-refractivity contribution in [3.63, 3.8) is 0 Å². The van der Waals surface area contributed by atoms with E-state index >= 15 is 0 Å². The Bertz CT molecular complexity index is 417. The Balaban J connectivity index is 1.81. The third kappa shape index (κ3) is 4.15. The summed E-state index contributed by atoms with van der Waals surface area (Å²) in [6.07, 6.45) is 4.85. The van der Waals surface area contributed by atoms with Crippen molar-refractivity contribution in [1.82, 2.24) is 9.62 Å². The number of carbonyl (C=O) groups excluding carboxylic acids is 1. The molecule has 0 aliphatic carbocycles. The molecule has 0 aromatic heterocycles. The lowest BCUT2D eigenvalue weighted by atomic mass is 9.99. The molecule has 2 aliphatic heterocycles. The van der Waals surface area contributed by atoms with E-state index in [0.29, 0.717) is 19.6 Å². The summed E-state index contributed by atoms with van der Waals surface area (Å²) < 4.78 is 29.8. The van der Waals surface area contributed by atoms with Crippen molar-refractivity contribution < 1.29 is 17.9 Å². The molecule has 2 saturated heterocycles. The Labute approximate surface area is 114 Å². The number of hydrogen-bond donors (Lipinski definition) is 1. The van der Waals surface area contributed by atoms with Gasteiger partial charge in [-0.25, -0.2) is 12.7 Å². The molecule has 0 bridgehead atoms. The van der Waals surface area contributed by atoms with E-state index in [1.165, 1.54) is 10.6 Å². The van der Waals surface area contributed by atoms with Crippen molar-refractivity contribution in [2.24, 2.45) is 5.92 Å². The Hall–Kier alpha value is -0.660. The maximum atomic E-state index is 12.0. The lowest BCUT2D eigenvalue weighted by molar-refractivity contribution is -0.126. The summed E-state index contributed by atoms with van der Waals surface area (Å²) in [6.45, 7) is 2.13. The second-order valence-corrected chi connectivity index (χ2v) is 7.32. The number of piperidine rings is 1. The Morgan fingerprint density at radius 2 is 2.16 bits per heavy atom. The highest BCUT2D eigenvalue weighted by Gasteiger charge is 2.30. The van der Waals surface area contributed by atoms with Crippen molar-refractivity contribution in [2.45, 2.75) is 31.8 Å². The van der Waals surface area contributed by atoms with Gasteiger partial charge in [-0.3, -0.25) is 4.79 Å². The van der Waals surface area contributed by atoms with Gasteiger partial charge in [-0.15, -0.1) is 0 Å². The van der Waals surface area contributed by atoms with Gasteiger partial charge in [0.05, 0.1) is 18.3 Å². The second-order valence-electron chi connectivity index (χ2n) is 5.34. The van der Waals surface area contributed by atoms with Crippen LogP contribution in [-0.2, 0) is 19.6 Å². The summed E-state index contributed by atoms with van der Waals surface area (Å²) in [6, 6.07) is 0. The number of carbonyl (C=O) groups is 1. The minimum absolute atomic E-state index is 0.0520. The van der Waals surface area contributed by atoms with Gasteiger partial charge in [-0.05, 0) is 25.7 Å². The van der Waals surface area contributed by atoms with Gasteiger partial charge in [0, 0.05) is 26.2 Å². The molecule has 7 heteroatoms. The van der Waals surface area contributed by atoms with Gasteiger partial charge >= 0.3 is 0 Å². The lowest BCUT2D eigenvalue weighted by Gasteiger charge is -2.30. The van der Waals surface area contributed by atoms with Gasteiger partial charge < -0.3 is 10.1 Å². The molecule has 0 aromatic carbocycles. The van der Waals surface area contributed by atoms with Crippen LogP contribution >= 0.6 is 0 Å². The number of nitrogens with one attached hydrogen (secondary N) is 1. The quantitative estimate of drug-likeness (QED) is 0.788. The summed E-state index contributed by atoms with van der Waals surface area (Å²) in [5, 5.41) is 2.88. The van der Waals surface area contributed by atoms with Crippen LogP contribution in [0, 0.1) is 5.92 Å². The second kappa shape index (κ2) is 6.19. The third-order valence-corrected chi connectivity index (χ3v) is 5.02. The van der Waals surface area contributed by atoms with Crippen LogP contribution in [0.2, 0.25) is 0 Å². The first kappa shape index (κ1) is 14.7. The SMILES string of the molecule is CS(=O)(=O)N1CCC[C@@H](C(=O)NC[C@@H]2CCCO2)C1. The average Bonchev–Trinajstić information content (AvgIpc) is 2.88. The van der Waals surface area contributed by atoms with Crippen molar-refractivity contribution in [1.29, 1.82) is 0 Å². The number of rotatable bonds is 4. The minimum Gasteiger partial charge on any atom is -0.376 e. The fourth-order valence-electron chi connectivity index (χ4n) is 2.62. The number of sulfonamides is 1. The van der Waals surface area contributed by atoms with E-state index in [2.05, 4.69) is 5.32 Å². The molecule has 2 heterocycles. The molecule has 1 N–H and O–H groups in total. The molecule has 0 spiro atoms. The minimum atomic E-state index is -3.19. The molecule has 6 nitrogen and oxygen atoms in total. The molecule has 2 aliphatic rings. The van der Waals surface area contributed by atoms with Crippen molar-refractivity contribution >= 4 is 15.9 Å². The van der Waals surface area contributed by atoms with Crippen LogP contribution < -0.4 is 5.32 Å². The normalized spacial score (nSPS) is 29.3. The molecule has 0 radical (unpaired) electrons. The van der Waals surface area contributed by atoms with Gasteiger partial charge in [0.1, 0.15) is 0 Å². The zero-order chi connectivity index (χ0) is 13.9. The van der Waals surface area contributed by atoms with E-state index in [9.17, 15) is 13.2 Å². The average molecular weight is 290 g/mol. The maximum absolute atomic E-state index is 12.0. The van der Waals surface area contributed by atoms with Gasteiger partial charge in [-0.1, -0.05) is 0 Å². The predicted molar refractivity (Wildman–Crippen MR) is 71.1 cm³/mol. The summed E-state index contributed by atoms with van der Waals surface area (Å²) in [5.74, 6) is -0.284. The Kier molecular flexibility index (Phi) is 4.81. The Morgan fingerprint density at radius 1 is 1.37 bits per heavy atom. The van der Waals surface area contributed by atoms with Crippen LogP contribution in [-0.4, -0.2) is 57.2 Å². The molecule has 19 heavy (non-hydrogen) atoms. The van der Waals surface area contributed by atoms with E-state index in [1.807, 2.05) is 0 Å². The first-order valence-corrected chi connectivity index (χ1v) is 8.66. The molecule has 2 rings (SSSR count). The topological polar surface area (TPSA) is 75.7 Å². The first-order valence-electron chi connectivity index (χ1n) is 6.81. The predicted octanol–water partition coefficient (Wildman–Crippen LogP) is -0.0468. The summed E-state index contributed by atoms with van der Waals surface area (Å²) in [7, 11) is -3.19. The largest absolute Gasteiger partial charge is 0.376 e. The zero-order valence-electron chi connectivity index (χ0n) is 11.3. The highest BCUT2D eigenvalue weighted by atomic mass is 32.2. The van der Waals surface area contributed by atoms with E-state index in [0.717, 1.165) is 32.3 Å². The van der Waals surface area contributed by atoms with Crippen LogP contribution in [0.3, 0.4) is 0 Å². The van der Waals surface area contributed by atoms with Crippen molar-refractivity contribution in [3.8, 4) is 0 Å². The molecule has 0 aromatic rings. The van der Waals surface area contributed by atoms with Crippen LogP contribution in [0.1, 0.15) is 25.7 Å².